The lowest BCUT2D eigenvalue weighted by Gasteiger charge is -2.26. The Labute approximate surface area is 121 Å². The molecule has 3 heteroatoms. The maximum absolute atomic E-state index is 13.2. The van der Waals surface area contributed by atoms with E-state index >= 15 is 0 Å². The van der Waals surface area contributed by atoms with Crippen LogP contribution in [0.3, 0.4) is 0 Å². The molecule has 1 atom stereocenters. The molecule has 0 aliphatic heterocycles. The van der Waals surface area contributed by atoms with E-state index in [1.54, 1.807) is 0 Å². The van der Waals surface area contributed by atoms with Gasteiger partial charge in [-0.3, -0.25) is 0 Å². The summed E-state index contributed by atoms with van der Waals surface area (Å²) in [6, 6.07) is 4.10. The number of aromatic hydroxyl groups is 1. The van der Waals surface area contributed by atoms with Gasteiger partial charge in [0.05, 0.1) is 0 Å². The molecule has 2 nitrogen and oxygen atoms in total. The Morgan fingerprint density at radius 1 is 1.30 bits per heavy atom. The van der Waals surface area contributed by atoms with E-state index in [1.807, 2.05) is 6.92 Å². The quantitative estimate of drug-likeness (QED) is 0.837. The second-order valence-electron chi connectivity index (χ2n) is 6.29. The number of phenolic OH excluding ortho intramolecular Hbond substituents is 1. The molecule has 20 heavy (non-hydrogen) atoms. The minimum absolute atomic E-state index is 0.0202. The van der Waals surface area contributed by atoms with Gasteiger partial charge in [-0.25, -0.2) is 4.39 Å². The predicted octanol–water partition coefficient (Wildman–Crippen LogP) is 4.40. The van der Waals surface area contributed by atoms with Crippen molar-refractivity contribution in [3.8, 4) is 5.75 Å². The van der Waals surface area contributed by atoms with Crippen molar-refractivity contribution in [2.75, 3.05) is 6.54 Å². The van der Waals surface area contributed by atoms with Crippen molar-refractivity contribution in [1.82, 2.24) is 5.32 Å². The maximum atomic E-state index is 13.2. The Morgan fingerprint density at radius 3 is 2.70 bits per heavy atom. The SMILES string of the molecule is CC1CCC(CCNC(C)c2cc(F)ccc2O)CC1. The van der Waals surface area contributed by atoms with Crippen LogP contribution in [0.1, 0.15) is 57.6 Å². The van der Waals surface area contributed by atoms with E-state index in [1.165, 1.54) is 50.3 Å². The lowest BCUT2D eigenvalue weighted by atomic mass is 9.81. The molecule has 1 aliphatic rings. The van der Waals surface area contributed by atoms with Gasteiger partial charge in [-0.05, 0) is 49.9 Å². The van der Waals surface area contributed by atoms with Crippen LogP contribution in [-0.2, 0) is 0 Å². The minimum Gasteiger partial charge on any atom is -0.508 e. The summed E-state index contributed by atoms with van der Waals surface area (Å²) in [5.41, 5.74) is 0.641. The lowest BCUT2D eigenvalue weighted by molar-refractivity contribution is 0.273. The van der Waals surface area contributed by atoms with Crippen LogP contribution in [0.4, 0.5) is 4.39 Å². The van der Waals surface area contributed by atoms with Gasteiger partial charge in [0.15, 0.2) is 0 Å². The number of phenols is 1. The number of halogens is 1. The average molecular weight is 279 g/mol. The van der Waals surface area contributed by atoms with Crippen molar-refractivity contribution in [2.24, 2.45) is 11.8 Å². The molecule has 112 valence electrons. The normalized spacial score (nSPS) is 24.6. The molecule has 1 saturated carbocycles. The van der Waals surface area contributed by atoms with Crippen LogP contribution >= 0.6 is 0 Å². The van der Waals surface area contributed by atoms with E-state index < -0.39 is 0 Å². The zero-order chi connectivity index (χ0) is 14.5. The van der Waals surface area contributed by atoms with Crippen molar-refractivity contribution < 1.29 is 9.50 Å². The van der Waals surface area contributed by atoms with E-state index in [4.69, 9.17) is 0 Å². The highest BCUT2D eigenvalue weighted by Gasteiger charge is 2.18. The summed E-state index contributed by atoms with van der Waals surface area (Å²) >= 11 is 0. The number of benzene rings is 1. The molecule has 0 saturated heterocycles. The van der Waals surface area contributed by atoms with Crippen molar-refractivity contribution in [1.29, 1.82) is 0 Å². The van der Waals surface area contributed by atoms with Crippen LogP contribution in [0.2, 0.25) is 0 Å². The Balaban J connectivity index is 1.77. The summed E-state index contributed by atoms with van der Waals surface area (Å²) in [5, 5.41) is 13.2. The molecule has 2 N–H and O–H groups in total. The van der Waals surface area contributed by atoms with Gasteiger partial charge in [-0.15, -0.1) is 0 Å². The highest BCUT2D eigenvalue weighted by atomic mass is 19.1. The number of nitrogens with one attached hydrogen (secondary N) is 1. The highest BCUT2D eigenvalue weighted by Crippen LogP contribution is 2.30. The van der Waals surface area contributed by atoms with E-state index in [9.17, 15) is 9.50 Å². The first-order valence-electron chi connectivity index (χ1n) is 7.78. The molecule has 0 bridgehead atoms. The molecular weight excluding hydrogens is 253 g/mol. The predicted molar refractivity (Wildman–Crippen MR) is 80.2 cm³/mol. The third kappa shape index (κ3) is 4.20. The van der Waals surface area contributed by atoms with Crippen LogP contribution in [0.5, 0.6) is 5.75 Å². The van der Waals surface area contributed by atoms with E-state index in [-0.39, 0.29) is 17.6 Å². The third-order valence-corrected chi connectivity index (χ3v) is 4.59. The lowest BCUT2D eigenvalue weighted by Crippen LogP contribution is -2.23. The summed E-state index contributed by atoms with van der Waals surface area (Å²) in [6.07, 6.45) is 6.55. The highest BCUT2D eigenvalue weighted by molar-refractivity contribution is 5.34. The molecule has 1 aliphatic carbocycles. The van der Waals surface area contributed by atoms with E-state index in [0.717, 1.165) is 18.4 Å². The Hall–Kier alpha value is -1.09. The van der Waals surface area contributed by atoms with Crippen molar-refractivity contribution in [3.63, 3.8) is 0 Å². The largest absolute Gasteiger partial charge is 0.508 e. The molecule has 1 unspecified atom stereocenters. The second-order valence-corrected chi connectivity index (χ2v) is 6.29. The summed E-state index contributed by atoms with van der Waals surface area (Å²) in [5.74, 6) is 1.58. The molecular formula is C17H26FNO. The minimum atomic E-state index is -0.298. The summed E-state index contributed by atoms with van der Waals surface area (Å²) < 4.78 is 13.2. The molecule has 2 rings (SSSR count). The Kier molecular flexibility index (Phi) is 5.41. The van der Waals surface area contributed by atoms with Gasteiger partial charge in [-0.2, -0.15) is 0 Å². The van der Waals surface area contributed by atoms with Gasteiger partial charge in [0.1, 0.15) is 11.6 Å². The number of rotatable bonds is 5. The summed E-state index contributed by atoms with van der Waals surface area (Å²) in [7, 11) is 0. The summed E-state index contributed by atoms with van der Waals surface area (Å²) in [4.78, 5) is 0. The van der Waals surface area contributed by atoms with Gasteiger partial charge >= 0.3 is 0 Å². The van der Waals surface area contributed by atoms with Gasteiger partial charge in [0, 0.05) is 11.6 Å². The monoisotopic (exact) mass is 279 g/mol. The average Bonchev–Trinajstić information content (AvgIpc) is 2.43. The van der Waals surface area contributed by atoms with Crippen LogP contribution in [0.25, 0.3) is 0 Å². The molecule has 0 spiro atoms. The third-order valence-electron chi connectivity index (χ3n) is 4.59. The van der Waals surface area contributed by atoms with Gasteiger partial charge in [0.25, 0.3) is 0 Å². The fourth-order valence-electron chi connectivity index (χ4n) is 3.10. The van der Waals surface area contributed by atoms with Gasteiger partial charge < -0.3 is 10.4 Å². The first-order valence-corrected chi connectivity index (χ1v) is 7.78. The zero-order valence-electron chi connectivity index (χ0n) is 12.5. The molecule has 0 aromatic heterocycles. The van der Waals surface area contributed by atoms with Gasteiger partial charge in [-0.1, -0.05) is 32.6 Å². The first-order chi connectivity index (χ1) is 9.56. The van der Waals surface area contributed by atoms with Gasteiger partial charge in [0.2, 0.25) is 0 Å². The van der Waals surface area contributed by atoms with Crippen molar-refractivity contribution >= 4 is 0 Å². The molecule has 0 radical (unpaired) electrons. The van der Waals surface area contributed by atoms with Crippen LogP contribution in [0.15, 0.2) is 18.2 Å². The fourth-order valence-corrected chi connectivity index (χ4v) is 3.10. The van der Waals surface area contributed by atoms with Crippen LogP contribution in [-0.4, -0.2) is 11.7 Å². The second kappa shape index (κ2) is 7.07. The Morgan fingerprint density at radius 2 is 2.00 bits per heavy atom. The molecule has 1 aromatic rings. The summed E-state index contributed by atoms with van der Waals surface area (Å²) in [6.45, 7) is 5.23. The molecule has 1 fully saturated rings. The van der Waals surface area contributed by atoms with Crippen LogP contribution in [0, 0.1) is 17.7 Å². The smallest absolute Gasteiger partial charge is 0.123 e. The Bertz CT molecular complexity index is 427. The van der Waals surface area contributed by atoms with E-state index in [2.05, 4.69) is 12.2 Å². The van der Waals surface area contributed by atoms with Crippen molar-refractivity contribution in [3.05, 3.63) is 29.6 Å². The molecule has 0 heterocycles. The first kappa shape index (κ1) is 15.3. The maximum Gasteiger partial charge on any atom is 0.123 e. The molecule has 0 amide bonds. The zero-order valence-corrected chi connectivity index (χ0v) is 12.5. The fraction of sp³-hybridized carbons (Fsp3) is 0.647. The number of hydrogen-bond acceptors (Lipinski definition) is 2. The van der Waals surface area contributed by atoms with Crippen molar-refractivity contribution in [2.45, 2.75) is 52.0 Å². The topological polar surface area (TPSA) is 32.3 Å². The standard InChI is InChI=1S/C17H26FNO/c1-12-3-5-14(6-4-12)9-10-19-13(2)16-11-15(18)7-8-17(16)20/h7-8,11-14,19-20H,3-6,9-10H2,1-2H3. The van der Waals surface area contributed by atoms with E-state index in [0.29, 0.717) is 5.56 Å². The van der Waals surface area contributed by atoms with Crippen LogP contribution < -0.4 is 5.32 Å². The molecule has 1 aromatic carbocycles. The number of hydrogen-bond donors (Lipinski definition) is 2.